The van der Waals surface area contributed by atoms with E-state index in [9.17, 15) is 14.4 Å². The number of hydrogen-bond acceptors (Lipinski definition) is 4. The van der Waals surface area contributed by atoms with Crippen molar-refractivity contribution in [2.45, 2.75) is 32.7 Å². The normalized spacial score (nSPS) is 18.5. The van der Waals surface area contributed by atoms with Gasteiger partial charge in [-0.05, 0) is 98.5 Å². The average molecular weight is 509 g/mol. The Morgan fingerprint density at radius 3 is 2.47 bits per heavy atom. The third kappa shape index (κ3) is 3.40. The Labute approximate surface area is 220 Å². The summed E-state index contributed by atoms with van der Waals surface area (Å²) >= 11 is 0. The van der Waals surface area contributed by atoms with Gasteiger partial charge in [0.2, 0.25) is 0 Å². The van der Waals surface area contributed by atoms with E-state index in [1.807, 2.05) is 50.2 Å². The summed E-state index contributed by atoms with van der Waals surface area (Å²) in [5.41, 5.74) is 5.31. The maximum atomic E-state index is 13.9. The van der Waals surface area contributed by atoms with Gasteiger partial charge in [0.15, 0.2) is 5.54 Å². The number of aryl methyl sites for hydroxylation is 2. The highest BCUT2D eigenvalue weighted by Crippen LogP contribution is 2.45. The van der Waals surface area contributed by atoms with Crippen molar-refractivity contribution in [3.8, 4) is 5.75 Å². The zero-order chi connectivity index (χ0) is 26.8. The van der Waals surface area contributed by atoms with Crippen molar-refractivity contribution in [1.29, 1.82) is 0 Å². The number of methoxy groups -OCH3 is 1. The van der Waals surface area contributed by atoms with E-state index in [1.54, 1.807) is 43.2 Å². The van der Waals surface area contributed by atoms with Crippen molar-refractivity contribution in [3.63, 3.8) is 0 Å². The Kier molecular flexibility index (Phi) is 5.31. The lowest BCUT2D eigenvalue weighted by molar-refractivity contribution is -0.125. The van der Waals surface area contributed by atoms with Gasteiger partial charge in [0.05, 0.1) is 18.5 Å². The quantitative estimate of drug-likeness (QED) is 0.367. The van der Waals surface area contributed by atoms with Crippen LogP contribution in [0.1, 0.15) is 39.7 Å². The van der Waals surface area contributed by atoms with E-state index >= 15 is 0 Å². The molecule has 2 aliphatic heterocycles. The van der Waals surface area contributed by atoms with Crippen LogP contribution in [0.3, 0.4) is 0 Å². The third-order valence-electron chi connectivity index (χ3n) is 7.92. The van der Waals surface area contributed by atoms with Crippen molar-refractivity contribution < 1.29 is 19.1 Å². The molecule has 8 heteroatoms. The summed E-state index contributed by atoms with van der Waals surface area (Å²) in [6.45, 7) is 6.23. The Hall–Kier alpha value is -4.59. The highest BCUT2D eigenvalue weighted by molar-refractivity contribution is 6.23. The van der Waals surface area contributed by atoms with Crippen LogP contribution in [-0.4, -0.2) is 41.4 Å². The second-order valence-electron chi connectivity index (χ2n) is 10.1. The molecule has 3 heterocycles. The summed E-state index contributed by atoms with van der Waals surface area (Å²) in [5, 5.41) is 3.90. The number of nitrogens with one attached hydrogen (secondary N) is 2. The summed E-state index contributed by atoms with van der Waals surface area (Å²) in [7, 11) is 1.62. The summed E-state index contributed by atoms with van der Waals surface area (Å²) in [6.07, 6.45) is 0.628. The number of carbonyl (C=O) groups is 3. The number of rotatable bonds is 4. The standard InChI is InChI=1S/C30H28N4O4/c1-17-5-8-20(15-18(17)2)31-27(35)19-6-9-21(10-7-19)34-28(36)30(3)26-23(13-14-33(30)29(34)37)24-16-22(38-4)11-12-25(24)32-26/h5-12,15-16,32H,13-14H2,1-4H3,(H,31,35). The maximum absolute atomic E-state index is 13.9. The van der Waals surface area contributed by atoms with Crippen LogP contribution in [-0.2, 0) is 16.8 Å². The molecular formula is C30H28N4O4. The molecule has 3 aromatic carbocycles. The number of nitrogens with zero attached hydrogens (tertiary/aromatic N) is 2. The SMILES string of the molecule is COc1ccc2[nH]c3c(c2c1)CCN1C(=O)N(c2ccc(C(=O)Nc4ccc(C)c(C)c4)cc2)C(=O)C31C. The molecule has 192 valence electrons. The minimum absolute atomic E-state index is 0.263. The number of amides is 4. The Balaban J connectivity index is 1.30. The van der Waals surface area contributed by atoms with Gasteiger partial charge in [-0.15, -0.1) is 0 Å². The lowest BCUT2D eigenvalue weighted by Gasteiger charge is -2.35. The highest BCUT2D eigenvalue weighted by atomic mass is 16.5. The van der Waals surface area contributed by atoms with Crippen LogP contribution in [0, 0.1) is 13.8 Å². The largest absolute Gasteiger partial charge is 0.497 e. The first-order valence-electron chi connectivity index (χ1n) is 12.6. The molecule has 0 radical (unpaired) electrons. The van der Waals surface area contributed by atoms with Crippen molar-refractivity contribution in [2.75, 3.05) is 23.9 Å². The Morgan fingerprint density at radius 2 is 1.76 bits per heavy atom. The van der Waals surface area contributed by atoms with Gasteiger partial charge in [-0.3, -0.25) is 9.59 Å². The molecule has 2 N–H and O–H groups in total. The Morgan fingerprint density at radius 1 is 1.00 bits per heavy atom. The lowest BCUT2D eigenvalue weighted by Crippen LogP contribution is -2.49. The number of H-pyrrole nitrogens is 1. The maximum Gasteiger partial charge on any atom is 0.332 e. The summed E-state index contributed by atoms with van der Waals surface area (Å²) < 4.78 is 5.39. The second-order valence-corrected chi connectivity index (χ2v) is 10.1. The molecule has 1 saturated heterocycles. The number of imide groups is 1. The van der Waals surface area contributed by atoms with Crippen LogP contribution in [0.2, 0.25) is 0 Å². The second kappa shape index (κ2) is 8.48. The third-order valence-corrected chi connectivity index (χ3v) is 7.92. The molecule has 1 aromatic heterocycles. The van der Waals surface area contributed by atoms with Gasteiger partial charge in [-0.1, -0.05) is 6.07 Å². The van der Waals surface area contributed by atoms with E-state index in [0.717, 1.165) is 39.0 Å². The van der Waals surface area contributed by atoms with Gasteiger partial charge in [0.1, 0.15) is 5.75 Å². The van der Waals surface area contributed by atoms with Gasteiger partial charge in [-0.25, -0.2) is 9.69 Å². The first-order chi connectivity index (χ1) is 18.2. The fraction of sp³-hybridized carbons (Fsp3) is 0.233. The number of anilines is 2. The van der Waals surface area contributed by atoms with Crippen LogP contribution >= 0.6 is 0 Å². The number of aromatic amines is 1. The van der Waals surface area contributed by atoms with E-state index in [4.69, 9.17) is 4.74 Å². The van der Waals surface area contributed by atoms with E-state index in [1.165, 1.54) is 4.90 Å². The first kappa shape index (κ1) is 23.8. The molecule has 6 rings (SSSR count). The van der Waals surface area contributed by atoms with Crippen LogP contribution in [0.15, 0.2) is 60.7 Å². The fourth-order valence-electron chi connectivity index (χ4n) is 5.56. The van der Waals surface area contributed by atoms with Gasteiger partial charge in [0.25, 0.3) is 11.8 Å². The molecule has 1 unspecified atom stereocenters. The minimum Gasteiger partial charge on any atom is -0.497 e. The molecule has 2 aliphatic rings. The molecule has 0 spiro atoms. The number of hydrogen-bond donors (Lipinski definition) is 2. The minimum atomic E-state index is -1.16. The number of aromatic nitrogens is 1. The van der Waals surface area contributed by atoms with E-state index in [-0.39, 0.29) is 17.8 Å². The van der Waals surface area contributed by atoms with E-state index in [2.05, 4.69) is 10.3 Å². The lowest BCUT2D eigenvalue weighted by atomic mass is 9.87. The predicted molar refractivity (Wildman–Crippen MR) is 146 cm³/mol. The summed E-state index contributed by atoms with van der Waals surface area (Å²) in [6, 6.07) is 17.7. The van der Waals surface area contributed by atoms with Crippen molar-refractivity contribution in [1.82, 2.24) is 9.88 Å². The van der Waals surface area contributed by atoms with Crippen LogP contribution in [0.25, 0.3) is 10.9 Å². The number of carbonyl (C=O) groups excluding carboxylic acids is 3. The number of urea groups is 1. The Bertz CT molecular complexity index is 1640. The van der Waals surface area contributed by atoms with Crippen molar-refractivity contribution in [2.24, 2.45) is 0 Å². The zero-order valence-electron chi connectivity index (χ0n) is 21.7. The molecule has 8 nitrogen and oxygen atoms in total. The molecule has 0 aliphatic carbocycles. The summed E-state index contributed by atoms with van der Waals surface area (Å²) in [4.78, 5) is 46.5. The van der Waals surface area contributed by atoms with Gasteiger partial charge >= 0.3 is 6.03 Å². The average Bonchev–Trinajstić information content (AvgIpc) is 3.39. The van der Waals surface area contributed by atoms with E-state index < -0.39 is 5.54 Å². The van der Waals surface area contributed by atoms with Crippen LogP contribution < -0.4 is 15.0 Å². The molecule has 0 bridgehead atoms. The van der Waals surface area contributed by atoms with Crippen LogP contribution in [0.4, 0.5) is 16.2 Å². The zero-order valence-corrected chi connectivity index (χ0v) is 21.7. The summed E-state index contributed by atoms with van der Waals surface area (Å²) in [5.74, 6) is 0.152. The van der Waals surface area contributed by atoms with Crippen molar-refractivity contribution in [3.05, 3.63) is 88.6 Å². The molecule has 38 heavy (non-hydrogen) atoms. The predicted octanol–water partition coefficient (Wildman–Crippen LogP) is 5.29. The molecule has 1 atom stereocenters. The molecule has 4 aromatic rings. The van der Waals surface area contributed by atoms with Crippen molar-refractivity contribution >= 4 is 40.1 Å². The first-order valence-corrected chi connectivity index (χ1v) is 12.6. The smallest absolute Gasteiger partial charge is 0.332 e. The molecule has 0 saturated carbocycles. The molecular weight excluding hydrogens is 480 g/mol. The molecule has 4 amide bonds. The van der Waals surface area contributed by atoms with E-state index in [0.29, 0.717) is 29.9 Å². The monoisotopic (exact) mass is 508 g/mol. The topological polar surface area (TPSA) is 94.7 Å². The van der Waals surface area contributed by atoms with Gasteiger partial charge in [0, 0.05) is 28.7 Å². The fourth-order valence-corrected chi connectivity index (χ4v) is 5.56. The number of benzene rings is 3. The number of ether oxygens (including phenoxy) is 1. The number of fused-ring (bicyclic) bond motifs is 5. The van der Waals surface area contributed by atoms with Gasteiger partial charge < -0.3 is 19.9 Å². The van der Waals surface area contributed by atoms with Crippen LogP contribution in [0.5, 0.6) is 5.75 Å². The molecule has 1 fully saturated rings. The highest BCUT2D eigenvalue weighted by Gasteiger charge is 2.59. The van der Waals surface area contributed by atoms with Gasteiger partial charge in [-0.2, -0.15) is 0 Å².